The monoisotopic (exact) mass is 342 g/mol. The molecule has 0 N–H and O–H groups in total. The molecule has 0 amide bonds. The molecule has 0 heterocycles. The van der Waals surface area contributed by atoms with Gasteiger partial charge in [0.05, 0.1) is 0 Å². The zero-order valence-electron chi connectivity index (χ0n) is 11.2. The third kappa shape index (κ3) is 3.23. The minimum Gasteiger partial charge on any atom is -0.207 e. The van der Waals surface area contributed by atoms with E-state index in [1.165, 1.54) is 18.2 Å². The molecular formula is C16H14BrF3. The van der Waals surface area contributed by atoms with Crippen molar-refractivity contribution in [2.45, 2.75) is 25.1 Å². The van der Waals surface area contributed by atoms with E-state index >= 15 is 0 Å². The fourth-order valence-electron chi connectivity index (χ4n) is 2.39. The second-order valence-corrected chi connectivity index (χ2v) is 5.98. The van der Waals surface area contributed by atoms with Crippen LogP contribution in [0.2, 0.25) is 0 Å². The van der Waals surface area contributed by atoms with E-state index < -0.39 is 11.6 Å². The van der Waals surface area contributed by atoms with Crippen molar-refractivity contribution in [3.05, 3.63) is 70.0 Å². The topological polar surface area (TPSA) is 0 Å². The van der Waals surface area contributed by atoms with E-state index in [4.69, 9.17) is 0 Å². The number of hydrogen-bond acceptors (Lipinski definition) is 0. The molecule has 0 fully saturated rings. The van der Waals surface area contributed by atoms with E-state index in [1.807, 2.05) is 13.8 Å². The van der Waals surface area contributed by atoms with Gasteiger partial charge < -0.3 is 0 Å². The molecule has 0 bridgehead atoms. The third-order valence-electron chi connectivity index (χ3n) is 3.27. The van der Waals surface area contributed by atoms with Crippen molar-refractivity contribution in [1.29, 1.82) is 0 Å². The van der Waals surface area contributed by atoms with E-state index in [2.05, 4.69) is 15.9 Å². The number of benzene rings is 2. The Hall–Kier alpha value is -1.29. The van der Waals surface area contributed by atoms with Crippen molar-refractivity contribution in [3.8, 4) is 0 Å². The van der Waals surface area contributed by atoms with E-state index in [-0.39, 0.29) is 10.6 Å². The highest BCUT2D eigenvalue weighted by Gasteiger charge is 2.15. The Bertz CT molecular complexity index is 615. The van der Waals surface area contributed by atoms with E-state index in [0.29, 0.717) is 12.0 Å². The standard InChI is InChI=1S/C16H14BrF3/c1-9-5-12(18)6-10(2)16(9)13(17)7-11-3-4-14(19)15(20)8-11/h3-6,8,13H,7H2,1-2H3. The predicted octanol–water partition coefficient (Wildman–Crippen LogP) is 5.40. The molecule has 0 saturated heterocycles. The number of halogens is 4. The number of alkyl halides is 1. The molecule has 2 aromatic rings. The molecule has 1 atom stereocenters. The molecule has 2 rings (SSSR count). The van der Waals surface area contributed by atoms with Crippen LogP contribution in [0, 0.1) is 31.3 Å². The van der Waals surface area contributed by atoms with Crippen LogP contribution in [0.25, 0.3) is 0 Å². The molecule has 0 aromatic heterocycles. The maximum atomic E-state index is 13.3. The third-order valence-corrected chi connectivity index (χ3v) is 4.05. The Balaban J connectivity index is 2.28. The second-order valence-electron chi connectivity index (χ2n) is 4.87. The fraction of sp³-hybridized carbons (Fsp3) is 0.250. The molecule has 1 unspecified atom stereocenters. The normalized spacial score (nSPS) is 12.5. The molecule has 4 heteroatoms. The van der Waals surface area contributed by atoms with Gasteiger partial charge in [-0.1, -0.05) is 22.0 Å². The molecule has 0 aliphatic heterocycles. The molecule has 2 aromatic carbocycles. The van der Waals surface area contributed by atoms with Gasteiger partial charge in [0.2, 0.25) is 0 Å². The van der Waals surface area contributed by atoms with Gasteiger partial charge in [0.15, 0.2) is 11.6 Å². The molecule has 0 nitrogen and oxygen atoms in total. The summed E-state index contributed by atoms with van der Waals surface area (Å²) < 4.78 is 39.4. The van der Waals surface area contributed by atoms with Crippen molar-refractivity contribution in [2.75, 3.05) is 0 Å². The lowest BCUT2D eigenvalue weighted by atomic mass is 9.96. The first-order valence-electron chi connectivity index (χ1n) is 6.23. The molecule has 0 radical (unpaired) electrons. The maximum Gasteiger partial charge on any atom is 0.159 e. The van der Waals surface area contributed by atoms with Gasteiger partial charge in [-0.05, 0) is 66.8 Å². The van der Waals surface area contributed by atoms with Crippen molar-refractivity contribution in [1.82, 2.24) is 0 Å². The first kappa shape index (κ1) is 15.1. The Morgan fingerprint density at radius 2 is 1.55 bits per heavy atom. The minimum atomic E-state index is -0.853. The summed E-state index contributed by atoms with van der Waals surface area (Å²) in [6.45, 7) is 3.68. The Kier molecular flexibility index (Phi) is 4.53. The first-order chi connectivity index (χ1) is 9.38. The van der Waals surface area contributed by atoms with Crippen LogP contribution in [-0.4, -0.2) is 0 Å². The van der Waals surface area contributed by atoms with Crippen LogP contribution in [0.1, 0.15) is 27.1 Å². The van der Waals surface area contributed by atoms with Gasteiger partial charge in [-0.15, -0.1) is 0 Å². The molecule has 0 saturated carbocycles. The van der Waals surface area contributed by atoms with Crippen LogP contribution in [-0.2, 0) is 6.42 Å². The Morgan fingerprint density at radius 1 is 0.950 bits per heavy atom. The summed E-state index contributed by atoms with van der Waals surface area (Å²) in [4.78, 5) is -0.0760. The van der Waals surface area contributed by atoms with E-state index in [0.717, 1.165) is 22.8 Å². The summed E-state index contributed by atoms with van der Waals surface area (Å²) in [5, 5.41) is 0. The van der Waals surface area contributed by atoms with E-state index in [9.17, 15) is 13.2 Å². The first-order valence-corrected chi connectivity index (χ1v) is 7.14. The predicted molar refractivity (Wildman–Crippen MR) is 77.6 cm³/mol. The smallest absolute Gasteiger partial charge is 0.159 e. The average molecular weight is 343 g/mol. The highest BCUT2D eigenvalue weighted by atomic mass is 79.9. The highest BCUT2D eigenvalue weighted by Crippen LogP contribution is 2.32. The van der Waals surface area contributed by atoms with Gasteiger partial charge in [-0.25, -0.2) is 13.2 Å². The van der Waals surface area contributed by atoms with Gasteiger partial charge in [-0.3, -0.25) is 0 Å². The quantitative estimate of drug-likeness (QED) is 0.655. The lowest BCUT2D eigenvalue weighted by Crippen LogP contribution is -2.02. The minimum absolute atomic E-state index is 0.0760. The van der Waals surface area contributed by atoms with Gasteiger partial charge in [-0.2, -0.15) is 0 Å². The average Bonchev–Trinajstić information content (AvgIpc) is 2.32. The summed E-state index contributed by atoms with van der Waals surface area (Å²) in [6, 6.07) is 6.82. The molecule has 0 aliphatic rings. The Morgan fingerprint density at radius 3 is 2.10 bits per heavy atom. The summed E-state index contributed by atoms with van der Waals surface area (Å²) in [7, 11) is 0. The second kappa shape index (κ2) is 6.00. The summed E-state index contributed by atoms with van der Waals surface area (Å²) in [5.41, 5.74) is 3.35. The van der Waals surface area contributed by atoms with Crippen LogP contribution in [0.4, 0.5) is 13.2 Å². The maximum absolute atomic E-state index is 13.3. The number of aryl methyl sites for hydroxylation is 2. The summed E-state index contributed by atoms with van der Waals surface area (Å²) in [6.07, 6.45) is 0.504. The summed E-state index contributed by atoms with van der Waals surface area (Å²) in [5.74, 6) is -1.97. The number of rotatable bonds is 3. The SMILES string of the molecule is Cc1cc(F)cc(C)c1C(Br)Cc1ccc(F)c(F)c1. The molecule has 0 aliphatic carbocycles. The van der Waals surface area contributed by atoms with Gasteiger partial charge >= 0.3 is 0 Å². The van der Waals surface area contributed by atoms with Crippen LogP contribution >= 0.6 is 15.9 Å². The van der Waals surface area contributed by atoms with Gasteiger partial charge in [0.1, 0.15) is 5.82 Å². The molecular weight excluding hydrogens is 329 g/mol. The molecule has 20 heavy (non-hydrogen) atoms. The zero-order valence-corrected chi connectivity index (χ0v) is 12.8. The number of hydrogen-bond donors (Lipinski definition) is 0. The van der Waals surface area contributed by atoms with E-state index in [1.54, 1.807) is 6.07 Å². The van der Waals surface area contributed by atoms with Crippen LogP contribution in [0.15, 0.2) is 30.3 Å². The van der Waals surface area contributed by atoms with Crippen molar-refractivity contribution < 1.29 is 13.2 Å². The van der Waals surface area contributed by atoms with Crippen molar-refractivity contribution >= 4 is 15.9 Å². The lowest BCUT2D eigenvalue weighted by molar-refractivity contribution is 0.507. The van der Waals surface area contributed by atoms with Gasteiger partial charge in [0, 0.05) is 4.83 Å². The van der Waals surface area contributed by atoms with Crippen LogP contribution in [0.3, 0.4) is 0 Å². The van der Waals surface area contributed by atoms with Crippen molar-refractivity contribution in [2.24, 2.45) is 0 Å². The van der Waals surface area contributed by atoms with Crippen molar-refractivity contribution in [3.63, 3.8) is 0 Å². The van der Waals surface area contributed by atoms with Crippen LogP contribution in [0.5, 0.6) is 0 Å². The Labute approximate surface area is 124 Å². The van der Waals surface area contributed by atoms with Crippen LogP contribution < -0.4 is 0 Å². The fourth-order valence-corrected chi connectivity index (χ4v) is 3.49. The zero-order chi connectivity index (χ0) is 14.9. The molecule has 106 valence electrons. The lowest BCUT2D eigenvalue weighted by Gasteiger charge is -2.16. The summed E-state index contributed by atoms with van der Waals surface area (Å²) >= 11 is 3.55. The highest BCUT2D eigenvalue weighted by molar-refractivity contribution is 9.09. The largest absolute Gasteiger partial charge is 0.207 e. The van der Waals surface area contributed by atoms with Gasteiger partial charge in [0.25, 0.3) is 0 Å². The molecule has 0 spiro atoms.